The van der Waals surface area contributed by atoms with Crippen molar-refractivity contribution in [3.8, 4) is 0 Å². The molecule has 90 valence electrons. The van der Waals surface area contributed by atoms with Crippen LogP contribution >= 0.6 is 11.3 Å². The Morgan fingerprint density at radius 1 is 1.53 bits per heavy atom. The standard InChI is InChI=1S/C11H13N3O2S/c12-3-4-16-6-11(15)14-8-1-2-9-10(5-8)17-7-13-9/h1-2,5,7H,3-4,6,12H2,(H,14,15). The van der Waals surface area contributed by atoms with Gasteiger partial charge in [-0.25, -0.2) is 4.98 Å². The fourth-order valence-corrected chi connectivity index (χ4v) is 2.09. The Morgan fingerprint density at radius 3 is 3.24 bits per heavy atom. The molecule has 0 bridgehead atoms. The molecule has 0 unspecified atom stereocenters. The average Bonchev–Trinajstić information content (AvgIpc) is 2.76. The van der Waals surface area contributed by atoms with E-state index in [1.54, 1.807) is 5.51 Å². The van der Waals surface area contributed by atoms with Gasteiger partial charge in [0.25, 0.3) is 0 Å². The van der Waals surface area contributed by atoms with E-state index >= 15 is 0 Å². The van der Waals surface area contributed by atoms with Crippen LogP contribution < -0.4 is 11.1 Å². The largest absolute Gasteiger partial charge is 0.370 e. The number of hydrogen-bond acceptors (Lipinski definition) is 5. The topological polar surface area (TPSA) is 77.2 Å². The first-order valence-electron chi connectivity index (χ1n) is 5.20. The van der Waals surface area contributed by atoms with Crippen molar-refractivity contribution in [1.82, 2.24) is 4.98 Å². The Balaban J connectivity index is 1.95. The maximum atomic E-state index is 11.5. The SMILES string of the molecule is NCCOCC(=O)Nc1ccc2ncsc2c1. The van der Waals surface area contributed by atoms with Gasteiger partial charge in [0.05, 0.1) is 22.3 Å². The Morgan fingerprint density at radius 2 is 2.41 bits per heavy atom. The van der Waals surface area contributed by atoms with Crippen LogP contribution in [-0.2, 0) is 9.53 Å². The fourth-order valence-electron chi connectivity index (χ4n) is 1.38. The highest BCUT2D eigenvalue weighted by Gasteiger charge is 2.03. The molecule has 0 aliphatic carbocycles. The molecule has 0 aliphatic heterocycles. The van der Waals surface area contributed by atoms with Crippen LogP contribution in [0, 0.1) is 0 Å². The summed E-state index contributed by atoms with van der Waals surface area (Å²) in [7, 11) is 0. The summed E-state index contributed by atoms with van der Waals surface area (Å²) in [6.45, 7) is 0.833. The molecular formula is C11H13N3O2S. The molecule has 1 heterocycles. The normalized spacial score (nSPS) is 10.6. The van der Waals surface area contributed by atoms with Gasteiger partial charge in [0, 0.05) is 12.2 Å². The minimum Gasteiger partial charge on any atom is -0.370 e. The van der Waals surface area contributed by atoms with Crippen molar-refractivity contribution in [3.05, 3.63) is 23.7 Å². The first-order chi connectivity index (χ1) is 8.29. The monoisotopic (exact) mass is 251 g/mol. The molecular weight excluding hydrogens is 238 g/mol. The number of hydrogen-bond donors (Lipinski definition) is 2. The lowest BCUT2D eigenvalue weighted by atomic mass is 10.3. The second-order valence-corrected chi connectivity index (χ2v) is 4.31. The number of thiazole rings is 1. The molecule has 2 rings (SSSR count). The van der Waals surface area contributed by atoms with Gasteiger partial charge in [-0.3, -0.25) is 4.79 Å². The Kier molecular flexibility index (Phi) is 4.03. The van der Waals surface area contributed by atoms with Crippen LogP contribution in [0.4, 0.5) is 5.69 Å². The van der Waals surface area contributed by atoms with E-state index in [1.807, 2.05) is 18.2 Å². The number of nitrogens with two attached hydrogens (primary N) is 1. The van der Waals surface area contributed by atoms with Gasteiger partial charge >= 0.3 is 0 Å². The second-order valence-electron chi connectivity index (χ2n) is 3.42. The molecule has 0 radical (unpaired) electrons. The van der Waals surface area contributed by atoms with Crippen LogP contribution in [0.15, 0.2) is 23.7 Å². The zero-order valence-electron chi connectivity index (χ0n) is 9.18. The number of amides is 1. The molecule has 1 amide bonds. The van der Waals surface area contributed by atoms with Gasteiger partial charge < -0.3 is 15.8 Å². The highest BCUT2D eigenvalue weighted by molar-refractivity contribution is 7.16. The maximum Gasteiger partial charge on any atom is 0.250 e. The third kappa shape index (κ3) is 3.23. The van der Waals surface area contributed by atoms with Crippen molar-refractivity contribution >= 4 is 33.1 Å². The van der Waals surface area contributed by atoms with Gasteiger partial charge in [0.2, 0.25) is 5.91 Å². The minimum absolute atomic E-state index is 0.0257. The van der Waals surface area contributed by atoms with Crippen LogP contribution in [0.3, 0.4) is 0 Å². The predicted molar refractivity (Wildman–Crippen MR) is 68.1 cm³/mol. The van der Waals surface area contributed by atoms with Crippen molar-refractivity contribution in [3.63, 3.8) is 0 Å². The highest BCUT2D eigenvalue weighted by atomic mass is 32.1. The molecule has 0 saturated carbocycles. The molecule has 2 aromatic rings. The first-order valence-corrected chi connectivity index (χ1v) is 6.08. The van der Waals surface area contributed by atoms with Crippen molar-refractivity contribution < 1.29 is 9.53 Å². The van der Waals surface area contributed by atoms with Crippen LogP contribution in [0.2, 0.25) is 0 Å². The number of nitrogens with one attached hydrogen (secondary N) is 1. The number of benzene rings is 1. The van der Waals surface area contributed by atoms with E-state index in [0.717, 1.165) is 15.9 Å². The molecule has 0 spiro atoms. The Labute approximate surface area is 103 Å². The molecule has 1 aromatic carbocycles. The molecule has 3 N–H and O–H groups in total. The summed E-state index contributed by atoms with van der Waals surface area (Å²) in [5, 5.41) is 2.76. The lowest BCUT2D eigenvalue weighted by Crippen LogP contribution is -2.20. The molecule has 6 heteroatoms. The minimum atomic E-state index is -0.178. The number of nitrogens with zero attached hydrogens (tertiary/aromatic N) is 1. The van der Waals surface area contributed by atoms with Crippen LogP contribution in [0.25, 0.3) is 10.2 Å². The number of carbonyl (C=O) groups excluding carboxylic acids is 1. The van der Waals surface area contributed by atoms with E-state index in [9.17, 15) is 4.79 Å². The summed E-state index contributed by atoms with van der Waals surface area (Å²) in [6.07, 6.45) is 0. The van der Waals surface area contributed by atoms with Crippen molar-refractivity contribution in [2.75, 3.05) is 25.1 Å². The molecule has 0 saturated heterocycles. The summed E-state index contributed by atoms with van der Waals surface area (Å²) in [6, 6.07) is 5.60. The first kappa shape index (κ1) is 12.0. The number of rotatable bonds is 5. The smallest absolute Gasteiger partial charge is 0.250 e. The lowest BCUT2D eigenvalue weighted by Gasteiger charge is -2.05. The third-order valence-electron chi connectivity index (χ3n) is 2.11. The summed E-state index contributed by atoms with van der Waals surface area (Å²) < 4.78 is 6.09. The van der Waals surface area contributed by atoms with Gasteiger partial charge in [0.15, 0.2) is 0 Å². The fraction of sp³-hybridized carbons (Fsp3) is 0.273. The quantitative estimate of drug-likeness (QED) is 0.783. The zero-order valence-corrected chi connectivity index (χ0v) is 10.00. The molecule has 5 nitrogen and oxygen atoms in total. The second kappa shape index (κ2) is 5.72. The van der Waals surface area contributed by atoms with Gasteiger partial charge in [-0.1, -0.05) is 0 Å². The van der Waals surface area contributed by atoms with Crippen molar-refractivity contribution in [2.24, 2.45) is 5.73 Å². The third-order valence-corrected chi connectivity index (χ3v) is 2.90. The molecule has 1 aromatic heterocycles. The van der Waals surface area contributed by atoms with E-state index in [2.05, 4.69) is 10.3 Å². The number of carbonyl (C=O) groups is 1. The number of ether oxygens (including phenoxy) is 1. The van der Waals surface area contributed by atoms with E-state index in [0.29, 0.717) is 13.2 Å². The van der Waals surface area contributed by atoms with Crippen molar-refractivity contribution in [1.29, 1.82) is 0 Å². The van der Waals surface area contributed by atoms with E-state index in [-0.39, 0.29) is 12.5 Å². The molecule has 0 atom stereocenters. The number of aromatic nitrogens is 1. The van der Waals surface area contributed by atoms with Gasteiger partial charge in [-0.2, -0.15) is 0 Å². The maximum absolute atomic E-state index is 11.5. The van der Waals surface area contributed by atoms with E-state index in [4.69, 9.17) is 10.5 Å². The summed E-state index contributed by atoms with van der Waals surface area (Å²) in [5.74, 6) is -0.178. The van der Waals surface area contributed by atoms with Crippen molar-refractivity contribution in [2.45, 2.75) is 0 Å². The molecule has 0 aliphatic rings. The van der Waals surface area contributed by atoms with E-state index < -0.39 is 0 Å². The van der Waals surface area contributed by atoms with Gasteiger partial charge in [0.1, 0.15) is 6.61 Å². The van der Waals surface area contributed by atoms with Gasteiger partial charge in [-0.05, 0) is 18.2 Å². The van der Waals surface area contributed by atoms with Crippen LogP contribution in [0.5, 0.6) is 0 Å². The zero-order chi connectivity index (χ0) is 12.1. The summed E-state index contributed by atoms with van der Waals surface area (Å²) in [4.78, 5) is 15.6. The van der Waals surface area contributed by atoms with E-state index in [1.165, 1.54) is 11.3 Å². The molecule has 17 heavy (non-hydrogen) atoms. The summed E-state index contributed by atoms with van der Waals surface area (Å²) in [5.41, 5.74) is 8.72. The molecule has 0 fully saturated rings. The number of anilines is 1. The van der Waals surface area contributed by atoms with Crippen LogP contribution in [0.1, 0.15) is 0 Å². The average molecular weight is 251 g/mol. The predicted octanol–water partition coefficient (Wildman–Crippen LogP) is 1.21. The number of fused-ring (bicyclic) bond motifs is 1. The Bertz CT molecular complexity index is 512. The Hall–Kier alpha value is -1.50. The van der Waals surface area contributed by atoms with Crippen LogP contribution in [-0.4, -0.2) is 30.6 Å². The highest BCUT2D eigenvalue weighted by Crippen LogP contribution is 2.21. The lowest BCUT2D eigenvalue weighted by molar-refractivity contribution is -0.120. The summed E-state index contributed by atoms with van der Waals surface area (Å²) >= 11 is 1.54. The van der Waals surface area contributed by atoms with Gasteiger partial charge in [-0.15, -0.1) is 11.3 Å².